The van der Waals surface area contributed by atoms with Gasteiger partial charge in [0.05, 0.1) is 12.5 Å². The number of fused-ring (bicyclic) bond motifs is 1. The van der Waals surface area contributed by atoms with E-state index in [9.17, 15) is 4.79 Å². The van der Waals surface area contributed by atoms with Gasteiger partial charge >= 0.3 is 0 Å². The maximum Gasteiger partial charge on any atom is 0.270 e. The highest BCUT2D eigenvalue weighted by molar-refractivity contribution is 5.90. The Labute approximate surface area is 131 Å². The molecule has 0 unspecified atom stereocenters. The lowest BCUT2D eigenvalue weighted by molar-refractivity contribution is 0.0995. The van der Waals surface area contributed by atoms with E-state index in [2.05, 4.69) is 30.6 Å². The van der Waals surface area contributed by atoms with Crippen molar-refractivity contribution in [3.63, 3.8) is 0 Å². The molecule has 3 N–H and O–H groups in total. The Bertz CT molecular complexity index is 822. The zero-order valence-electron chi connectivity index (χ0n) is 12.7. The third kappa shape index (κ3) is 3.25. The molecule has 0 aliphatic carbocycles. The smallest absolute Gasteiger partial charge is 0.270 e. The van der Waals surface area contributed by atoms with Gasteiger partial charge in [0.1, 0.15) is 11.8 Å². The molecule has 23 heavy (non-hydrogen) atoms. The van der Waals surface area contributed by atoms with Crippen LogP contribution in [0, 0.1) is 0 Å². The van der Waals surface area contributed by atoms with Gasteiger partial charge in [0, 0.05) is 20.1 Å². The second-order valence-corrected chi connectivity index (χ2v) is 5.11. The van der Waals surface area contributed by atoms with Crippen LogP contribution >= 0.6 is 0 Å². The number of nitrogens with two attached hydrogens (primary N) is 1. The average molecular weight is 315 g/mol. The highest BCUT2D eigenvalue weighted by Crippen LogP contribution is 2.16. The van der Waals surface area contributed by atoms with Gasteiger partial charge < -0.3 is 15.6 Å². The van der Waals surface area contributed by atoms with Crippen molar-refractivity contribution in [1.82, 2.24) is 34.5 Å². The normalized spacial score (nSPS) is 11.0. The molecule has 0 aliphatic rings. The van der Waals surface area contributed by atoms with Crippen molar-refractivity contribution < 1.29 is 4.79 Å². The topological polar surface area (TPSA) is 129 Å². The number of hydrogen-bond donors (Lipinski definition) is 2. The summed E-state index contributed by atoms with van der Waals surface area (Å²) in [6.07, 6.45) is 6.57. The lowest BCUT2D eigenvalue weighted by Crippen LogP contribution is -2.11. The molecule has 0 radical (unpaired) electrons. The Kier molecular flexibility index (Phi) is 4.13. The van der Waals surface area contributed by atoms with Crippen LogP contribution in [-0.4, -0.2) is 47.0 Å². The fraction of sp³-hybridized carbons (Fsp3) is 0.385. The molecule has 0 aromatic carbocycles. The number of carbonyl (C=O) groups excluding carboxylic acids is 1. The summed E-state index contributed by atoms with van der Waals surface area (Å²) in [6, 6.07) is 0. The molecule has 3 aromatic rings. The Morgan fingerprint density at radius 2 is 2.17 bits per heavy atom. The molecule has 0 spiro atoms. The highest BCUT2D eigenvalue weighted by Gasteiger charge is 2.08. The third-order valence-electron chi connectivity index (χ3n) is 3.39. The van der Waals surface area contributed by atoms with Crippen LogP contribution in [0.2, 0.25) is 0 Å². The van der Waals surface area contributed by atoms with Crippen LogP contribution in [0.15, 0.2) is 18.9 Å². The summed E-state index contributed by atoms with van der Waals surface area (Å²) < 4.78 is 3.46. The van der Waals surface area contributed by atoms with E-state index in [0.29, 0.717) is 6.54 Å². The summed E-state index contributed by atoms with van der Waals surface area (Å²) in [6.45, 7) is 1.42. The molecule has 0 atom stereocenters. The molecule has 1 amide bonds. The van der Waals surface area contributed by atoms with E-state index in [-0.39, 0.29) is 5.69 Å². The van der Waals surface area contributed by atoms with E-state index in [1.54, 1.807) is 17.2 Å². The molecule has 120 valence electrons. The lowest BCUT2D eigenvalue weighted by Gasteiger charge is -2.05. The van der Waals surface area contributed by atoms with Gasteiger partial charge in [-0.1, -0.05) is 5.21 Å². The largest absolute Gasteiger partial charge is 0.368 e. The predicted molar refractivity (Wildman–Crippen MR) is 82.6 cm³/mol. The molecule has 3 heterocycles. The van der Waals surface area contributed by atoms with Crippen molar-refractivity contribution in [1.29, 1.82) is 0 Å². The number of imidazole rings is 1. The van der Waals surface area contributed by atoms with Crippen molar-refractivity contribution >= 4 is 22.9 Å². The summed E-state index contributed by atoms with van der Waals surface area (Å²) in [5, 5.41) is 10.8. The van der Waals surface area contributed by atoms with Crippen LogP contribution in [0.5, 0.6) is 0 Å². The highest BCUT2D eigenvalue weighted by atomic mass is 16.1. The van der Waals surface area contributed by atoms with Crippen LogP contribution in [0.3, 0.4) is 0 Å². The first-order chi connectivity index (χ1) is 11.1. The number of amides is 1. The average Bonchev–Trinajstić information content (AvgIpc) is 3.15. The molecular weight excluding hydrogens is 298 g/mol. The minimum absolute atomic E-state index is 0.182. The monoisotopic (exact) mass is 315 g/mol. The Hall–Kier alpha value is -3.04. The number of unbranched alkanes of at least 4 members (excludes halogenated alkanes) is 1. The van der Waals surface area contributed by atoms with Gasteiger partial charge in [-0.2, -0.15) is 0 Å². The van der Waals surface area contributed by atoms with Gasteiger partial charge in [0.25, 0.3) is 5.91 Å². The molecule has 3 rings (SSSR count). The van der Waals surface area contributed by atoms with E-state index in [0.717, 1.165) is 36.4 Å². The number of hydrogen-bond acceptors (Lipinski definition) is 7. The zero-order valence-corrected chi connectivity index (χ0v) is 12.7. The van der Waals surface area contributed by atoms with Crippen LogP contribution in [0.25, 0.3) is 11.2 Å². The predicted octanol–water partition coefficient (Wildman–Crippen LogP) is -0.0540. The third-order valence-corrected chi connectivity index (χ3v) is 3.39. The molecule has 10 nitrogen and oxygen atoms in total. The first kappa shape index (κ1) is 14.9. The second kappa shape index (κ2) is 6.38. The van der Waals surface area contributed by atoms with E-state index in [1.165, 1.54) is 6.33 Å². The minimum atomic E-state index is -0.568. The molecule has 0 saturated heterocycles. The first-order valence-electron chi connectivity index (χ1n) is 7.21. The van der Waals surface area contributed by atoms with Crippen molar-refractivity contribution in [3.05, 3.63) is 24.5 Å². The molecule has 0 aliphatic heterocycles. The van der Waals surface area contributed by atoms with Gasteiger partial charge in [0.2, 0.25) is 0 Å². The molecule has 3 aromatic heterocycles. The summed E-state index contributed by atoms with van der Waals surface area (Å²) >= 11 is 0. The number of aryl methyl sites for hydroxylation is 2. The molecular formula is C13H17N9O. The van der Waals surface area contributed by atoms with Crippen LogP contribution < -0.4 is 11.1 Å². The van der Waals surface area contributed by atoms with Gasteiger partial charge in [-0.3, -0.25) is 9.48 Å². The lowest BCUT2D eigenvalue weighted by atomic mass is 10.3. The van der Waals surface area contributed by atoms with E-state index < -0.39 is 5.91 Å². The van der Waals surface area contributed by atoms with E-state index in [1.807, 2.05) is 11.6 Å². The maximum absolute atomic E-state index is 10.9. The van der Waals surface area contributed by atoms with Gasteiger partial charge in [-0.05, 0) is 12.8 Å². The molecule has 0 fully saturated rings. The number of anilines is 1. The second-order valence-electron chi connectivity index (χ2n) is 5.11. The first-order valence-corrected chi connectivity index (χ1v) is 7.21. The fourth-order valence-corrected chi connectivity index (χ4v) is 2.20. The van der Waals surface area contributed by atoms with Crippen molar-refractivity contribution in [3.8, 4) is 0 Å². The number of rotatable bonds is 7. The standard InChI is InChI=1S/C13H17N9O/c1-21-8-18-10-12(16-7-17-13(10)21)15-4-2-3-5-22-6-9(11(14)23)19-20-22/h6-8H,2-5H2,1H3,(H2,14,23)(H,15,16,17). The number of aromatic nitrogens is 7. The molecule has 10 heteroatoms. The summed E-state index contributed by atoms with van der Waals surface area (Å²) in [4.78, 5) is 23.6. The SMILES string of the molecule is Cn1cnc2c(NCCCCn3cc(C(N)=O)nn3)ncnc21. The van der Waals surface area contributed by atoms with Gasteiger partial charge in [0.15, 0.2) is 17.2 Å². The van der Waals surface area contributed by atoms with E-state index >= 15 is 0 Å². The van der Waals surface area contributed by atoms with Gasteiger partial charge in [-0.15, -0.1) is 5.10 Å². The number of nitrogens with zero attached hydrogens (tertiary/aromatic N) is 7. The van der Waals surface area contributed by atoms with Crippen LogP contribution in [0.4, 0.5) is 5.82 Å². The molecule has 0 bridgehead atoms. The summed E-state index contributed by atoms with van der Waals surface area (Å²) in [7, 11) is 1.89. The van der Waals surface area contributed by atoms with Gasteiger partial charge in [-0.25, -0.2) is 15.0 Å². The van der Waals surface area contributed by atoms with Crippen molar-refractivity contribution in [2.24, 2.45) is 12.8 Å². The number of primary amides is 1. The van der Waals surface area contributed by atoms with E-state index in [4.69, 9.17) is 5.73 Å². The molecule has 0 saturated carbocycles. The van der Waals surface area contributed by atoms with Crippen LogP contribution in [-0.2, 0) is 13.6 Å². The zero-order chi connectivity index (χ0) is 16.2. The fourth-order valence-electron chi connectivity index (χ4n) is 2.20. The number of nitrogens with one attached hydrogen (secondary N) is 1. The Morgan fingerprint density at radius 3 is 2.96 bits per heavy atom. The summed E-state index contributed by atoms with van der Waals surface area (Å²) in [5.74, 6) is 0.161. The van der Waals surface area contributed by atoms with Crippen LogP contribution in [0.1, 0.15) is 23.3 Å². The summed E-state index contributed by atoms with van der Waals surface area (Å²) in [5.41, 5.74) is 6.87. The van der Waals surface area contributed by atoms with Crippen molar-refractivity contribution in [2.75, 3.05) is 11.9 Å². The van der Waals surface area contributed by atoms with Crippen molar-refractivity contribution in [2.45, 2.75) is 19.4 Å². The Morgan fingerprint density at radius 1 is 1.30 bits per heavy atom. The Balaban J connectivity index is 1.48. The maximum atomic E-state index is 10.9. The quantitative estimate of drug-likeness (QED) is 0.584. The number of carbonyl (C=O) groups is 1. The minimum Gasteiger partial charge on any atom is -0.368 e.